The van der Waals surface area contributed by atoms with Crippen molar-refractivity contribution in [2.24, 2.45) is 0 Å². The van der Waals surface area contributed by atoms with Crippen LogP contribution in [0.3, 0.4) is 0 Å². The molecule has 0 atom stereocenters. The molecule has 0 N–H and O–H groups in total. The van der Waals surface area contributed by atoms with E-state index in [2.05, 4.69) is 0 Å². The highest BCUT2D eigenvalue weighted by Gasteiger charge is 2.31. The van der Waals surface area contributed by atoms with E-state index in [0.717, 1.165) is 11.1 Å². The molecule has 1 amide bonds. The highest BCUT2D eigenvalue weighted by Crippen LogP contribution is 2.25. The van der Waals surface area contributed by atoms with E-state index in [1.165, 1.54) is 8.61 Å². The van der Waals surface area contributed by atoms with Crippen LogP contribution in [0.5, 0.6) is 0 Å². The molecule has 2 aromatic carbocycles. The van der Waals surface area contributed by atoms with Crippen LogP contribution >= 0.6 is 0 Å². The Labute approximate surface area is 189 Å². The molecule has 2 fully saturated rings. The van der Waals surface area contributed by atoms with Crippen molar-refractivity contribution in [2.45, 2.75) is 25.2 Å². The van der Waals surface area contributed by atoms with Crippen LogP contribution < -0.4 is 4.31 Å². The number of nitrogens with zero attached hydrogens (tertiary/aromatic N) is 3. The second-order valence-corrected chi connectivity index (χ2v) is 12.2. The van der Waals surface area contributed by atoms with E-state index >= 15 is 0 Å². The monoisotopic (exact) mass is 477 g/mol. The predicted octanol–water partition coefficient (Wildman–Crippen LogP) is 1.99. The fourth-order valence-corrected chi connectivity index (χ4v) is 7.11. The number of amides is 1. The van der Waals surface area contributed by atoms with Crippen molar-refractivity contribution in [2.75, 3.05) is 42.8 Å². The van der Waals surface area contributed by atoms with Crippen molar-refractivity contribution in [1.29, 1.82) is 0 Å². The Balaban J connectivity index is 1.42. The number of aryl methyl sites for hydroxylation is 2. The van der Waals surface area contributed by atoms with Gasteiger partial charge in [0.15, 0.2) is 0 Å². The third kappa shape index (κ3) is 4.26. The minimum absolute atomic E-state index is 0.142. The van der Waals surface area contributed by atoms with Crippen LogP contribution in [0.2, 0.25) is 0 Å². The molecule has 0 saturated carbocycles. The standard InChI is InChI=1S/C22H27N3O5S2/c1-17-4-9-21(16-18(17)2)32(29,30)24-13-11-23(12-14-24)22(26)19-5-7-20(8-6-19)25-10-3-15-31(25,27)28/h4-9,16H,3,10-15H2,1-2H3. The third-order valence-corrected chi connectivity index (χ3v) is 9.91. The molecule has 32 heavy (non-hydrogen) atoms. The van der Waals surface area contributed by atoms with E-state index in [4.69, 9.17) is 0 Å². The number of hydrogen-bond donors (Lipinski definition) is 0. The number of carbonyl (C=O) groups is 1. The molecule has 4 rings (SSSR count). The first kappa shape index (κ1) is 22.8. The van der Waals surface area contributed by atoms with E-state index in [9.17, 15) is 21.6 Å². The summed E-state index contributed by atoms with van der Waals surface area (Å²) in [5, 5.41) is 0. The molecule has 0 unspecified atom stereocenters. The van der Waals surface area contributed by atoms with Gasteiger partial charge < -0.3 is 4.90 Å². The smallest absolute Gasteiger partial charge is 0.253 e. The number of anilines is 1. The second kappa shape index (κ2) is 8.49. The molecule has 2 aromatic rings. The molecule has 10 heteroatoms. The first-order valence-electron chi connectivity index (χ1n) is 10.6. The number of rotatable bonds is 4. The van der Waals surface area contributed by atoms with Gasteiger partial charge in [0.1, 0.15) is 0 Å². The summed E-state index contributed by atoms with van der Waals surface area (Å²) in [6.45, 7) is 5.32. The van der Waals surface area contributed by atoms with Gasteiger partial charge >= 0.3 is 0 Å². The highest BCUT2D eigenvalue weighted by atomic mass is 32.2. The molecule has 2 saturated heterocycles. The molecule has 2 aliphatic heterocycles. The number of hydrogen-bond acceptors (Lipinski definition) is 5. The molecule has 2 heterocycles. The van der Waals surface area contributed by atoms with Crippen molar-refractivity contribution in [3.8, 4) is 0 Å². The zero-order valence-electron chi connectivity index (χ0n) is 18.2. The molecule has 0 aromatic heterocycles. The Morgan fingerprint density at radius 2 is 1.53 bits per heavy atom. The summed E-state index contributed by atoms with van der Waals surface area (Å²) in [5.41, 5.74) is 2.97. The maximum atomic E-state index is 13.0. The summed E-state index contributed by atoms with van der Waals surface area (Å²) >= 11 is 0. The lowest BCUT2D eigenvalue weighted by atomic mass is 10.1. The lowest BCUT2D eigenvalue weighted by molar-refractivity contribution is 0.0698. The maximum Gasteiger partial charge on any atom is 0.253 e. The second-order valence-electron chi connectivity index (χ2n) is 8.23. The van der Waals surface area contributed by atoms with Gasteiger partial charge in [-0.2, -0.15) is 4.31 Å². The van der Waals surface area contributed by atoms with Crippen molar-refractivity contribution >= 4 is 31.6 Å². The van der Waals surface area contributed by atoms with Crippen LogP contribution in [0.1, 0.15) is 27.9 Å². The van der Waals surface area contributed by atoms with Crippen molar-refractivity contribution in [1.82, 2.24) is 9.21 Å². The van der Waals surface area contributed by atoms with Gasteiger partial charge in [-0.05, 0) is 67.8 Å². The van der Waals surface area contributed by atoms with E-state index in [-0.39, 0.29) is 29.6 Å². The summed E-state index contributed by atoms with van der Waals surface area (Å²) in [6.07, 6.45) is 0.596. The Morgan fingerprint density at radius 1 is 0.875 bits per heavy atom. The third-order valence-electron chi connectivity index (χ3n) is 6.14. The molecule has 172 valence electrons. The van der Waals surface area contributed by atoms with Crippen molar-refractivity contribution < 1.29 is 21.6 Å². The van der Waals surface area contributed by atoms with Crippen LogP contribution in [-0.4, -0.2) is 70.4 Å². The highest BCUT2D eigenvalue weighted by molar-refractivity contribution is 7.93. The number of benzene rings is 2. The quantitative estimate of drug-likeness (QED) is 0.671. The van der Waals surface area contributed by atoms with Crippen LogP contribution in [0.4, 0.5) is 5.69 Å². The molecule has 0 aliphatic carbocycles. The topological polar surface area (TPSA) is 95.1 Å². The average Bonchev–Trinajstić information content (AvgIpc) is 3.14. The van der Waals surface area contributed by atoms with Gasteiger partial charge in [-0.3, -0.25) is 9.10 Å². The number of carbonyl (C=O) groups excluding carboxylic acids is 1. The Morgan fingerprint density at radius 3 is 2.09 bits per heavy atom. The fraction of sp³-hybridized carbons (Fsp3) is 0.409. The summed E-state index contributed by atoms with van der Waals surface area (Å²) in [5.74, 6) is -0.0488. The predicted molar refractivity (Wildman–Crippen MR) is 123 cm³/mol. The van der Waals surface area contributed by atoms with Gasteiger partial charge in [0.25, 0.3) is 5.91 Å². The van der Waals surface area contributed by atoms with Gasteiger partial charge in [0, 0.05) is 38.3 Å². The Kier molecular flexibility index (Phi) is 6.04. The number of sulfonamides is 2. The van der Waals surface area contributed by atoms with Crippen LogP contribution in [0.25, 0.3) is 0 Å². The zero-order valence-corrected chi connectivity index (χ0v) is 19.8. The van der Waals surface area contributed by atoms with Crippen LogP contribution in [0, 0.1) is 13.8 Å². The largest absolute Gasteiger partial charge is 0.336 e. The van der Waals surface area contributed by atoms with E-state index in [1.807, 2.05) is 13.8 Å². The van der Waals surface area contributed by atoms with E-state index < -0.39 is 20.0 Å². The molecular weight excluding hydrogens is 450 g/mol. The van der Waals surface area contributed by atoms with Gasteiger partial charge in [-0.25, -0.2) is 16.8 Å². The maximum absolute atomic E-state index is 13.0. The SMILES string of the molecule is Cc1ccc(S(=O)(=O)N2CCN(C(=O)c3ccc(N4CCCS4(=O)=O)cc3)CC2)cc1C. The molecular formula is C22H27N3O5S2. The lowest BCUT2D eigenvalue weighted by Crippen LogP contribution is -2.50. The molecule has 8 nitrogen and oxygen atoms in total. The molecule has 0 bridgehead atoms. The van der Waals surface area contributed by atoms with Gasteiger partial charge in [-0.1, -0.05) is 6.07 Å². The van der Waals surface area contributed by atoms with Crippen LogP contribution in [-0.2, 0) is 20.0 Å². The lowest BCUT2D eigenvalue weighted by Gasteiger charge is -2.34. The zero-order chi connectivity index (χ0) is 23.1. The summed E-state index contributed by atoms with van der Waals surface area (Å²) in [4.78, 5) is 14.8. The molecule has 0 spiro atoms. The van der Waals surface area contributed by atoms with Gasteiger partial charge in [0.2, 0.25) is 20.0 Å². The van der Waals surface area contributed by atoms with E-state index in [1.54, 1.807) is 47.4 Å². The van der Waals surface area contributed by atoms with Crippen LogP contribution in [0.15, 0.2) is 47.4 Å². The summed E-state index contributed by atoms with van der Waals surface area (Å²) < 4.78 is 52.9. The van der Waals surface area contributed by atoms with E-state index in [0.29, 0.717) is 37.3 Å². The number of piperazine rings is 1. The van der Waals surface area contributed by atoms with Crippen molar-refractivity contribution in [3.63, 3.8) is 0 Å². The summed E-state index contributed by atoms with van der Waals surface area (Å²) in [6, 6.07) is 11.7. The minimum Gasteiger partial charge on any atom is -0.336 e. The first-order chi connectivity index (χ1) is 15.1. The first-order valence-corrected chi connectivity index (χ1v) is 13.6. The Bertz CT molecular complexity index is 1230. The minimum atomic E-state index is -3.61. The van der Waals surface area contributed by atoms with Gasteiger partial charge in [-0.15, -0.1) is 0 Å². The van der Waals surface area contributed by atoms with Gasteiger partial charge in [0.05, 0.1) is 16.3 Å². The van der Waals surface area contributed by atoms with Crippen molar-refractivity contribution in [3.05, 3.63) is 59.2 Å². The molecule has 2 aliphatic rings. The Hall–Kier alpha value is -2.43. The molecule has 0 radical (unpaired) electrons. The fourth-order valence-electron chi connectivity index (χ4n) is 4.04. The normalized spacial score (nSPS) is 19.3. The summed E-state index contributed by atoms with van der Waals surface area (Å²) in [7, 11) is -6.87. The average molecular weight is 478 g/mol.